The first-order chi connectivity index (χ1) is 14.4. The van der Waals surface area contributed by atoms with Crippen LogP contribution in [0.1, 0.15) is 42.3 Å². The van der Waals surface area contributed by atoms with Gasteiger partial charge in [-0.1, -0.05) is 24.6 Å². The zero-order valence-electron chi connectivity index (χ0n) is 15.9. The van der Waals surface area contributed by atoms with Gasteiger partial charge in [-0.3, -0.25) is 14.3 Å². The van der Waals surface area contributed by atoms with E-state index >= 15 is 0 Å². The molecule has 1 aromatic carbocycles. The molecule has 3 heterocycles. The number of alkyl halides is 3. The van der Waals surface area contributed by atoms with Gasteiger partial charge in [0, 0.05) is 25.4 Å². The van der Waals surface area contributed by atoms with Crippen molar-refractivity contribution in [1.82, 2.24) is 30.0 Å². The Morgan fingerprint density at radius 2 is 2.00 bits per heavy atom. The molecule has 0 bridgehead atoms. The minimum atomic E-state index is -4.48. The van der Waals surface area contributed by atoms with Crippen LogP contribution in [-0.2, 0) is 23.9 Å². The van der Waals surface area contributed by atoms with E-state index in [4.69, 9.17) is 0 Å². The molecule has 3 aromatic rings. The summed E-state index contributed by atoms with van der Waals surface area (Å²) in [5, 5.41) is 11.1. The zero-order valence-corrected chi connectivity index (χ0v) is 15.9. The van der Waals surface area contributed by atoms with Crippen LogP contribution in [0.2, 0.25) is 0 Å². The number of aromatic nitrogens is 5. The molecule has 1 N–H and O–H groups in total. The van der Waals surface area contributed by atoms with E-state index in [9.17, 15) is 18.0 Å². The Labute approximate surface area is 170 Å². The highest BCUT2D eigenvalue weighted by molar-refractivity contribution is 5.81. The van der Waals surface area contributed by atoms with Crippen molar-refractivity contribution < 1.29 is 18.0 Å². The lowest BCUT2D eigenvalue weighted by Crippen LogP contribution is -2.33. The van der Waals surface area contributed by atoms with E-state index in [0.717, 1.165) is 18.9 Å². The van der Waals surface area contributed by atoms with Crippen molar-refractivity contribution in [3.63, 3.8) is 0 Å². The molecule has 1 unspecified atom stereocenters. The third-order valence-corrected chi connectivity index (χ3v) is 5.08. The Hall–Kier alpha value is -3.30. The molecule has 1 amide bonds. The van der Waals surface area contributed by atoms with Gasteiger partial charge in [-0.15, -0.1) is 10.2 Å². The van der Waals surface area contributed by atoms with Crippen LogP contribution < -0.4 is 5.32 Å². The second-order valence-electron chi connectivity index (χ2n) is 7.03. The number of halogens is 3. The summed E-state index contributed by atoms with van der Waals surface area (Å²) in [4.78, 5) is 21.3. The van der Waals surface area contributed by atoms with Crippen LogP contribution in [0.15, 0.2) is 42.9 Å². The van der Waals surface area contributed by atoms with Gasteiger partial charge in [0.05, 0.1) is 11.8 Å². The zero-order chi connectivity index (χ0) is 21.1. The van der Waals surface area contributed by atoms with Gasteiger partial charge in [0.2, 0.25) is 5.91 Å². The first kappa shape index (κ1) is 20.0. The minimum Gasteiger partial charge on any atom is -0.350 e. The number of fused-ring (bicyclic) bond motifs is 1. The molecular weight excluding hydrogens is 397 g/mol. The standard InChI is InChI=1S/C20H19F3N6O/c21-20(22,23)14-6-2-1-5-13(14)11-26-19(30)16-7-3-4-8-17-27-28-18(29(16)17)15-12-24-9-10-25-15/h1-2,5-6,9-10,12,16H,3-4,7-8,11H2,(H,26,30). The number of hydrogen-bond donors (Lipinski definition) is 1. The highest BCUT2D eigenvalue weighted by Gasteiger charge is 2.34. The van der Waals surface area contributed by atoms with E-state index < -0.39 is 17.8 Å². The second-order valence-corrected chi connectivity index (χ2v) is 7.03. The van der Waals surface area contributed by atoms with Gasteiger partial charge in [0.25, 0.3) is 0 Å². The summed E-state index contributed by atoms with van der Waals surface area (Å²) in [5.41, 5.74) is -0.250. The van der Waals surface area contributed by atoms with Gasteiger partial charge in [0.15, 0.2) is 5.82 Å². The summed E-state index contributed by atoms with van der Waals surface area (Å²) in [6, 6.07) is 4.60. The number of carbonyl (C=O) groups is 1. The maximum atomic E-state index is 13.2. The molecule has 1 atom stereocenters. The van der Waals surface area contributed by atoms with E-state index in [1.807, 2.05) is 0 Å². The summed E-state index contributed by atoms with van der Waals surface area (Å²) >= 11 is 0. The molecule has 1 aliphatic rings. The third kappa shape index (κ3) is 4.03. The van der Waals surface area contributed by atoms with Crippen LogP contribution in [0.25, 0.3) is 11.5 Å². The van der Waals surface area contributed by atoms with Crippen molar-refractivity contribution in [2.24, 2.45) is 0 Å². The molecule has 2 aromatic heterocycles. The molecule has 0 saturated carbocycles. The van der Waals surface area contributed by atoms with Gasteiger partial charge in [0.1, 0.15) is 17.6 Å². The third-order valence-electron chi connectivity index (χ3n) is 5.08. The van der Waals surface area contributed by atoms with Crippen molar-refractivity contribution in [3.05, 3.63) is 59.8 Å². The van der Waals surface area contributed by atoms with E-state index in [1.54, 1.807) is 4.57 Å². The first-order valence-corrected chi connectivity index (χ1v) is 9.58. The van der Waals surface area contributed by atoms with Gasteiger partial charge < -0.3 is 5.32 Å². The van der Waals surface area contributed by atoms with Gasteiger partial charge >= 0.3 is 6.18 Å². The van der Waals surface area contributed by atoms with Crippen LogP contribution in [0.4, 0.5) is 13.2 Å². The fourth-order valence-corrected chi connectivity index (χ4v) is 3.66. The lowest BCUT2D eigenvalue weighted by atomic mass is 10.1. The van der Waals surface area contributed by atoms with Crippen LogP contribution in [-0.4, -0.2) is 30.6 Å². The number of amides is 1. The van der Waals surface area contributed by atoms with E-state index in [1.165, 1.54) is 36.8 Å². The fourth-order valence-electron chi connectivity index (χ4n) is 3.66. The summed E-state index contributed by atoms with van der Waals surface area (Å²) in [7, 11) is 0. The number of nitrogens with one attached hydrogen (secondary N) is 1. The summed E-state index contributed by atoms with van der Waals surface area (Å²) < 4.78 is 41.4. The van der Waals surface area contributed by atoms with Crippen LogP contribution in [0.3, 0.4) is 0 Å². The lowest BCUT2D eigenvalue weighted by Gasteiger charge is -2.20. The summed E-state index contributed by atoms with van der Waals surface area (Å²) in [6.07, 6.45) is 2.95. The molecule has 0 fully saturated rings. The molecule has 1 aliphatic heterocycles. The van der Waals surface area contributed by atoms with Crippen molar-refractivity contribution >= 4 is 5.91 Å². The van der Waals surface area contributed by atoms with Crippen LogP contribution in [0.5, 0.6) is 0 Å². The number of aryl methyl sites for hydroxylation is 1. The predicted octanol–water partition coefficient (Wildman–Crippen LogP) is 3.34. The average Bonchev–Trinajstić information content (AvgIpc) is 3.04. The molecule has 30 heavy (non-hydrogen) atoms. The van der Waals surface area contributed by atoms with Gasteiger partial charge in [-0.2, -0.15) is 13.2 Å². The normalized spacial score (nSPS) is 16.6. The predicted molar refractivity (Wildman–Crippen MR) is 101 cm³/mol. The van der Waals surface area contributed by atoms with E-state index in [0.29, 0.717) is 30.2 Å². The highest BCUT2D eigenvalue weighted by atomic mass is 19.4. The van der Waals surface area contributed by atoms with Crippen molar-refractivity contribution in [3.8, 4) is 11.5 Å². The van der Waals surface area contributed by atoms with Crippen molar-refractivity contribution in [2.45, 2.75) is 44.4 Å². The number of carbonyl (C=O) groups excluding carboxylic acids is 1. The smallest absolute Gasteiger partial charge is 0.350 e. The largest absolute Gasteiger partial charge is 0.416 e. The average molecular weight is 416 g/mol. The summed E-state index contributed by atoms with van der Waals surface area (Å²) in [6.45, 7) is -0.219. The monoisotopic (exact) mass is 416 g/mol. The SMILES string of the molecule is O=C(NCc1ccccc1C(F)(F)F)C1CCCCc2nnc(-c3cnccn3)n21. The Morgan fingerprint density at radius 3 is 2.77 bits per heavy atom. The molecule has 10 heteroatoms. The Bertz CT molecular complexity index is 1030. The minimum absolute atomic E-state index is 0.0186. The maximum Gasteiger partial charge on any atom is 0.416 e. The molecule has 4 rings (SSSR count). The van der Waals surface area contributed by atoms with Crippen molar-refractivity contribution in [1.29, 1.82) is 0 Å². The van der Waals surface area contributed by atoms with Gasteiger partial charge in [-0.05, 0) is 24.5 Å². The summed E-state index contributed by atoms with van der Waals surface area (Å²) in [5.74, 6) is 0.708. The second kappa shape index (κ2) is 8.21. The lowest BCUT2D eigenvalue weighted by molar-refractivity contribution is -0.138. The highest BCUT2D eigenvalue weighted by Crippen LogP contribution is 2.32. The number of hydrogen-bond acceptors (Lipinski definition) is 5. The Morgan fingerprint density at radius 1 is 1.17 bits per heavy atom. The Balaban J connectivity index is 1.60. The van der Waals surface area contributed by atoms with Crippen LogP contribution >= 0.6 is 0 Å². The first-order valence-electron chi connectivity index (χ1n) is 9.58. The van der Waals surface area contributed by atoms with Crippen molar-refractivity contribution in [2.75, 3.05) is 0 Å². The Kier molecular flexibility index (Phi) is 5.47. The fraction of sp³-hybridized carbons (Fsp3) is 0.350. The molecule has 7 nitrogen and oxygen atoms in total. The van der Waals surface area contributed by atoms with E-state index in [-0.39, 0.29) is 18.0 Å². The van der Waals surface area contributed by atoms with E-state index in [2.05, 4.69) is 25.5 Å². The number of benzene rings is 1. The van der Waals surface area contributed by atoms with Crippen LogP contribution in [0, 0.1) is 0 Å². The quantitative estimate of drug-likeness (QED) is 0.705. The molecule has 0 saturated heterocycles. The topological polar surface area (TPSA) is 85.6 Å². The molecule has 0 aliphatic carbocycles. The maximum absolute atomic E-state index is 13.2. The molecule has 156 valence electrons. The molecule has 0 spiro atoms. The number of nitrogens with zero attached hydrogens (tertiary/aromatic N) is 5. The number of rotatable bonds is 4. The molecule has 0 radical (unpaired) electrons. The molecular formula is C20H19F3N6O. The van der Waals surface area contributed by atoms with Gasteiger partial charge in [-0.25, -0.2) is 4.98 Å².